The summed E-state index contributed by atoms with van der Waals surface area (Å²) in [5, 5.41) is 12.3. The van der Waals surface area contributed by atoms with Crippen molar-refractivity contribution in [2.75, 3.05) is 6.54 Å². The molecule has 1 N–H and O–H groups in total. The largest absolute Gasteiger partial charge is 0.348 e. The minimum absolute atomic E-state index is 0.0790. The quantitative estimate of drug-likeness (QED) is 0.601. The fourth-order valence-electron chi connectivity index (χ4n) is 6.49. The van der Waals surface area contributed by atoms with Crippen LogP contribution in [0.4, 0.5) is 0 Å². The van der Waals surface area contributed by atoms with E-state index in [0.717, 1.165) is 37.5 Å². The van der Waals surface area contributed by atoms with Crippen molar-refractivity contribution in [3.63, 3.8) is 0 Å². The first kappa shape index (κ1) is 23.0. The van der Waals surface area contributed by atoms with E-state index in [4.69, 9.17) is 0 Å². The number of rotatable bonds is 8. The summed E-state index contributed by atoms with van der Waals surface area (Å²) >= 11 is 1.66. The van der Waals surface area contributed by atoms with Gasteiger partial charge in [-0.3, -0.25) is 14.7 Å². The number of aromatic nitrogens is 4. The van der Waals surface area contributed by atoms with Crippen LogP contribution in [0.1, 0.15) is 106 Å². The second kappa shape index (κ2) is 9.82. The average molecular weight is 471 g/mol. The van der Waals surface area contributed by atoms with Crippen LogP contribution in [0.25, 0.3) is 0 Å². The van der Waals surface area contributed by atoms with E-state index in [1.54, 1.807) is 11.3 Å². The molecule has 7 nitrogen and oxygen atoms in total. The Kier molecular flexibility index (Phi) is 6.84. The highest BCUT2D eigenvalue weighted by Gasteiger charge is 2.42. The Morgan fingerprint density at radius 2 is 1.85 bits per heavy atom. The Balaban J connectivity index is 1.24. The first-order valence-corrected chi connectivity index (χ1v) is 13.7. The predicted octanol–water partition coefficient (Wildman–Crippen LogP) is 4.77. The molecule has 5 rings (SSSR count). The molecule has 4 atom stereocenters. The Hall–Kier alpha value is -1.80. The molecule has 0 spiro atoms. The van der Waals surface area contributed by atoms with Gasteiger partial charge in [0.15, 0.2) is 0 Å². The van der Waals surface area contributed by atoms with Gasteiger partial charge >= 0.3 is 0 Å². The number of carbonyl (C=O) groups is 1. The van der Waals surface area contributed by atoms with Crippen molar-refractivity contribution in [3.8, 4) is 0 Å². The van der Waals surface area contributed by atoms with Crippen molar-refractivity contribution in [1.82, 2.24) is 30.0 Å². The Bertz CT molecular complexity index is 921. The van der Waals surface area contributed by atoms with Crippen molar-refractivity contribution >= 4 is 17.2 Å². The highest BCUT2D eigenvalue weighted by molar-refractivity contribution is 7.09. The van der Waals surface area contributed by atoms with Gasteiger partial charge < -0.3 is 9.88 Å². The summed E-state index contributed by atoms with van der Waals surface area (Å²) in [4.78, 5) is 21.1. The van der Waals surface area contributed by atoms with Gasteiger partial charge in [0.05, 0.1) is 11.6 Å². The van der Waals surface area contributed by atoms with Gasteiger partial charge in [-0.1, -0.05) is 26.7 Å². The first-order chi connectivity index (χ1) is 16.0. The Labute approximate surface area is 201 Å². The molecule has 0 aromatic carbocycles. The van der Waals surface area contributed by atoms with E-state index in [0.29, 0.717) is 24.0 Å². The van der Waals surface area contributed by atoms with E-state index in [1.165, 1.54) is 43.4 Å². The number of nitrogens with zero attached hydrogens (tertiary/aromatic N) is 5. The molecule has 0 unspecified atom stereocenters. The zero-order valence-electron chi connectivity index (χ0n) is 20.2. The summed E-state index contributed by atoms with van der Waals surface area (Å²) in [7, 11) is 0. The maximum atomic E-state index is 12.9. The maximum Gasteiger partial charge on any atom is 0.223 e. The van der Waals surface area contributed by atoms with E-state index >= 15 is 0 Å². The van der Waals surface area contributed by atoms with Crippen LogP contribution in [0.5, 0.6) is 0 Å². The third-order valence-corrected chi connectivity index (χ3v) is 9.04. The minimum Gasteiger partial charge on any atom is -0.348 e. The second-order valence-corrected chi connectivity index (χ2v) is 11.5. The molecule has 8 heteroatoms. The molecule has 0 radical (unpaired) electrons. The number of piperidine rings is 1. The molecule has 2 aliphatic heterocycles. The number of aryl methyl sites for hydroxylation is 1. The Morgan fingerprint density at radius 3 is 2.48 bits per heavy atom. The van der Waals surface area contributed by atoms with Crippen LogP contribution in [0.3, 0.4) is 0 Å². The van der Waals surface area contributed by atoms with E-state index in [9.17, 15) is 4.79 Å². The highest BCUT2D eigenvalue weighted by atomic mass is 32.1. The van der Waals surface area contributed by atoms with E-state index in [2.05, 4.69) is 50.7 Å². The predicted molar refractivity (Wildman–Crippen MR) is 130 cm³/mol. The van der Waals surface area contributed by atoms with Gasteiger partial charge in [-0.15, -0.1) is 21.5 Å². The summed E-state index contributed by atoms with van der Waals surface area (Å²) in [6.07, 6.45) is 12.3. The van der Waals surface area contributed by atoms with Gasteiger partial charge in [0.25, 0.3) is 0 Å². The summed E-state index contributed by atoms with van der Waals surface area (Å²) in [5.74, 6) is 3.03. The van der Waals surface area contributed by atoms with Crippen LogP contribution in [-0.4, -0.2) is 49.2 Å². The fourth-order valence-corrected chi connectivity index (χ4v) is 7.20. The highest BCUT2D eigenvalue weighted by Crippen LogP contribution is 2.42. The molecule has 4 heterocycles. The van der Waals surface area contributed by atoms with Gasteiger partial charge in [0, 0.05) is 47.6 Å². The summed E-state index contributed by atoms with van der Waals surface area (Å²) in [6, 6.07) is 1.81. The van der Waals surface area contributed by atoms with Crippen LogP contribution < -0.4 is 5.32 Å². The number of carbonyl (C=O) groups excluding carboxylic acids is 1. The summed E-state index contributed by atoms with van der Waals surface area (Å²) in [6.45, 7) is 7.56. The molecule has 2 saturated heterocycles. The fraction of sp³-hybridized carbons (Fsp3) is 0.760. The number of thiazole rings is 1. The zero-order valence-corrected chi connectivity index (χ0v) is 21.1. The second-order valence-electron chi connectivity index (χ2n) is 10.6. The topological polar surface area (TPSA) is 75.9 Å². The molecular weight excluding hydrogens is 432 g/mol. The third kappa shape index (κ3) is 4.74. The van der Waals surface area contributed by atoms with Crippen molar-refractivity contribution in [2.45, 2.75) is 109 Å². The van der Waals surface area contributed by atoms with Crippen molar-refractivity contribution in [2.24, 2.45) is 5.92 Å². The number of nitrogens with one attached hydrogen (secondary N) is 1. The zero-order chi connectivity index (χ0) is 22.9. The summed E-state index contributed by atoms with van der Waals surface area (Å²) in [5.41, 5.74) is 1.88. The standard InChI is InChI=1S/C25H38N6OS/c1-16(2)24-29-28-17(3)31(24)21-12-19-8-9-20(13-21)30(19)11-10-22(23-14-26-15-33-23)27-25(32)18-6-4-5-7-18/h14-16,18-22H,4-13H2,1-3H3,(H,27,32)/t19-,20+,21-,22-/m0/s1. The van der Waals surface area contributed by atoms with E-state index in [1.807, 2.05) is 11.7 Å². The van der Waals surface area contributed by atoms with Crippen LogP contribution in [0.15, 0.2) is 11.7 Å². The molecule has 1 amide bonds. The van der Waals surface area contributed by atoms with Gasteiger partial charge in [-0.05, 0) is 51.9 Å². The van der Waals surface area contributed by atoms with Gasteiger partial charge in [0.1, 0.15) is 11.6 Å². The SMILES string of the molecule is Cc1nnc(C(C)C)n1[C@@H]1C[C@H]2CC[C@@H](C1)N2CC[C@H](NC(=O)C1CCCC1)c1cncs1. The van der Waals surface area contributed by atoms with E-state index in [-0.39, 0.29) is 17.9 Å². The lowest BCUT2D eigenvalue weighted by atomic mass is 9.95. The molecule has 2 bridgehead atoms. The molecule has 33 heavy (non-hydrogen) atoms. The van der Waals surface area contributed by atoms with Gasteiger partial charge in [-0.25, -0.2) is 0 Å². The number of amides is 1. The average Bonchev–Trinajstić information content (AvgIpc) is 3.59. The third-order valence-electron chi connectivity index (χ3n) is 8.15. The van der Waals surface area contributed by atoms with Crippen molar-refractivity contribution in [1.29, 1.82) is 0 Å². The number of hydrogen-bond acceptors (Lipinski definition) is 6. The van der Waals surface area contributed by atoms with Crippen LogP contribution >= 0.6 is 11.3 Å². The lowest BCUT2D eigenvalue weighted by molar-refractivity contribution is -0.125. The normalized spacial score (nSPS) is 26.8. The number of hydrogen-bond donors (Lipinski definition) is 1. The lowest BCUT2D eigenvalue weighted by Crippen LogP contribution is -2.45. The van der Waals surface area contributed by atoms with Crippen LogP contribution in [-0.2, 0) is 4.79 Å². The molecule has 3 fully saturated rings. The lowest BCUT2D eigenvalue weighted by Gasteiger charge is -2.40. The van der Waals surface area contributed by atoms with Gasteiger partial charge in [-0.2, -0.15) is 0 Å². The van der Waals surface area contributed by atoms with Crippen LogP contribution in [0, 0.1) is 12.8 Å². The molecule has 1 aliphatic carbocycles. The Morgan fingerprint density at radius 1 is 1.12 bits per heavy atom. The van der Waals surface area contributed by atoms with E-state index < -0.39 is 0 Å². The molecule has 1 saturated carbocycles. The molecule has 2 aromatic rings. The molecule has 2 aromatic heterocycles. The first-order valence-electron chi connectivity index (χ1n) is 12.9. The molecule has 180 valence electrons. The molecular formula is C25H38N6OS. The number of fused-ring (bicyclic) bond motifs is 2. The van der Waals surface area contributed by atoms with Crippen LogP contribution in [0.2, 0.25) is 0 Å². The monoisotopic (exact) mass is 470 g/mol. The van der Waals surface area contributed by atoms with Crippen molar-refractivity contribution in [3.05, 3.63) is 28.2 Å². The molecule has 3 aliphatic rings. The van der Waals surface area contributed by atoms with Gasteiger partial charge in [0.2, 0.25) is 5.91 Å². The smallest absolute Gasteiger partial charge is 0.223 e. The van der Waals surface area contributed by atoms with Crippen molar-refractivity contribution < 1.29 is 4.79 Å². The summed E-state index contributed by atoms with van der Waals surface area (Å²) < 4.78 is 2.43. The maximum absolute atomic E-state index is 12.9. The minimum atomic E-state index is 0.0790.